The fraction of sp³-hybridized carbons (Fsp3) is 0.500. The lowest BCUT2D eigenvalue weighted by molar-refractivity contribution is 0.480. The minimum atomic E-state index is -3.88. The number of benzene rings is 1. The first-order chi connectivity index (χ1) is 9.67. The summed E-state index contributed by atoms with van der Waals surface area (Å²) in [4.78, 5) is 3.23. The maximum atomic E-state index is 10.7. The average molecular weight is 391 g/mol. The van der Waals surface area contributed by atoms with Gasteiger partial charge in [-0.1, -0.05) is 40.9 Å². The van der Waals surface area contributed by atoms with E-state index in [-0.39, 0.29) is 5.75 Å². The highest BCUT2D eigenvalue weighted by atomic mass is 35.6. The Balaban J connectivity index is 2.00. The van der Waals surface area contributed by atoms with Crippen LogP contribution in [0.1, 0.15) is 18.4 Å². The van der Waals surface area contributed by atoms with Crippen molar-refractivity contribution in [3.63, 3.8) is 0 Å². The lowest BCUT2D eigenvalue weighted by Crippen LogP contribution is -2.21. The Labute approximate surface area is 143 Å². The summed E-state index contributed by atoms with van der Waals surface area (Å²) in [6.07, 6.45) is 1.08. The molecule has 0 fully saturated rings. The minimum Gasteiger partial charge on any atom is -0.361 e. The first-order valence-corrected chi connectivity index (χ1v) is 9.94. The molecule has 0 unspecified atom stereocenters. The van der Waals surface area contributed by atoms with Crippen LogP contribution in [-0.4, -0.2) is 31.1 Å². The van der Waals surface area contributed by atoms with Crippen molar-refractivity contribution in [3.05, 3.63) is 23.8 Å². The number of hydrogen-bond acceptors (Lipinski definition) is 4. The predicted octanol–water partition coefficient (Wildman–Crippen LogP) is 4.05. The highest BCUT2D eigenvalue weighted by Gasteiger charge is 2.27. The summed E-state index contributed by atoms with van der Waals surface area (Å²) in [6, 6.07) is 5.57. The van der Waals surface area contributed by atoms with E-state index in [1.54, 1.807) is 17.8 Å². The number of hydrogen-bond donors (Lipinski definition) is 1. The molecule has 0 spiro atoms. The predicted molar refractivity (Wildman–Crippen MR) is 89.4 cm³/mol. The van der Waals surface area contributed by atoms with Gasteiger partial charge in [0.05, 0.1) is 17.3 Å². The molecule has 0 aromatic heterocycles. The third kappa shape index (κ3) is 5.08. The van der Waals surface area contributed by atoms with Crippen molar-refractivity contribution in [2.24, 2.45) is 0 Å². The number of alkyl halides is 3. The van der Waals surface area contributed by atoms with Gasteiger partial charge in [-0.25, -0.2) is 0 Å². The lowest BCUT2D eigenvalue weighted by Gasteiger charge is -2.20. The maximum Gasteiger partial charge on any atom is 0.264 e. The van der Waals surface area contributed by atoms with Gasteiger partial charge >= 0.3 is 0 Å². The lowest BCUT2D eigenvalue weighted by atomic mass is 10.2. The van der Waals surface area contributed by atoms with Crippen molar-refractivity contribution in [3.8, 4) is 0 Å². The molecule has 0 aliphatic carbocycles. The third-order valence-corrected chi connectivity index (χ3v) is 5.64. The monoisotopic (exact) mass is 389 g/mol. The van der Waals surface area contributed by atoms with Crippen molar-refractivity contribution in [1.29, 1.82) is 0 Å². The molecule has 1 aliphatic rings. The zero-order chi connectivity index (χ0) is 15.7. The Bertz CT molecular complexity index is 617. The fourth-order valence-corrected chi connectivity index (χ4v) is 4.04. The summed E-state index contributed by atoms with van der Waals surface area (Å²) in [5, 5.41) is 0. The molecular weight excluding hydrogens is 377 g/mol. The van der Waals surface area contributed by atoms with Gasteiger partial charge in [0.2, 0.25) is 3.79 Å². The number of fused-ring (bicyclic) bond motifs is 1. The molecule has 1 aromatic carbocycles. The second-order valence-corrected chi connectivity index (χ2v) is 9.55. The molecule has 2 rings (SSSR count). The summed E-state index contributed by atoms with van der Waals surface area (Å²) >= 11 is 19.4. The van der Waals surface area contributed by atoms with Crippen molar-refractivity contribution in [1.82, 2.24) is 0 Å². The van der Waals surface area contributed by atoms with Crippen LogP contribution in [0.4, 0.5) is 5.69 Å². The van der Waals surface area contributed by atoms with Gasteiger partial charge in [-0.2, -0.15) is 8.42 Å². The van der Waals surface area contributed by atoms with Gasteiger partial charge in [-0.3, -0.25) is 4.55 Å². The fourth-order valence-electron chi connectivity index (χ4n) is 2.05. The minimum absolute atomic E-state index is 0.213. The van der Waals surface area contributed by atoms with E-state index in [4.69, 9.17) is 39.4 Å². The molecule has 1 heterocycles. The molecule has 118 valence electrons. The number of anilines is 1. The molecule has 0 atom stereocenters. The van der Waals surface area contributed by atoms with E-state index in [0.717, 1.165) is 16.5 Å². The van der Waals surface area contributed by atoms with Crippen LogP contribution >= 0.6 is 46.6 Å². The van der Waals surface area contributed by atoms with Gasteiger partial charge in [0, 0.05) is 17.0 Å². The van der Waals surface area contributed by atoms with E-state index < -0.39 is 13.9 Å². The Kier molecular flexibility index (Phi) is 5.60. The maximum absolute atomic E-state index is 10.7. The third-order valence-electron chi connectivity index (χ3n) is 3.08. The van der Waals surface area contributed by atoms with E-state index in [1.807, 2.05) is 12.1 Å². The molecular formula is C12H14Cl3NO3S2. The van der Waals surface area contributed by atoms with Crippen molar-refractivity contribution in [2.75, 3.05) is 23.1 Å². The van der Waals surface area contributed by atoms with Gasteiger partial charge in [0.25, 0.3) is 10.1 Å². The van der Waals surface area contributed by atoms with Crippen LogP contribution in [0, 0.1) is 0 Å². The summed E-state index contributed by atoms with van der Waals surface area (Å²) < 4.78 is 28.6. The first kappa shape index (κ1) is 17.5. The number of thioether (sulfide) groups is 1. The van der Waals surface area contributed by atoms with Gasteiger partial charge in [-0.15, -0.1) is 11.8 Å². The van der Waals surface area contributed by atoms with Gasteiger partial charge in [0.1, 0.15) is 0 Å². The van der Waals surface area contributed by atoms with Crippen LogP contribution in [0.25, 0.3) is 0 Å². The second kappa shape index (κ2) is 6.72. The number of rotatable bonds is 5. The van der Waals surface area contributed by atoms with Crippen molar-refractivity contribution in [2.45, 2.75) is 21.5 Å². The molecule has 0 saturated carbocycles. The van der Waals surface area contributed by atoms with E-state index >= 15 is 0 Å². The van der Waals surface area contributed by atoms with Crippen LogP contribution in [0.2, 0.25) is 0 Å². The molecule has 9 heteroatoms. The topological polar surface area (TPSA) is 57.6 Å². The normalized spacial score (nSPS) is 15.3. The molecule has 21 heavy (non-hydrogen) atoms. The van der Waals surface area contributed by atoms with Crippen LogP contribution < -0.4 is 4.90 Å². The standard InChI is InChI=1S/C12H14Cl3NO3S2/c13-12(14,15)9-3-4-11-10(7-9)16(8-20-11)5-1-2-6-21(17,18)19/h3-4,7H,1-2,5-6,8H2,(H,17,18,19). The molecule has 0 bridgehead atoms. The zero-order valence-corrected chi connectivity index (χ0v) is 14.8. The van der Waals surface area contributed by atoms with Gasteiger partial charge in [0.15, 0.2) is 0 Å². The SMILES string of the molecule is O=S(=O)(O)CCCCN1CSc2ccc(C(Cl)(Cl)Cl)cc21. The number of halogens is 3. The van der Waals surface area contributed by atoms with Gasteiger partial charge < -0.3 is 4.90 Å². The van der Waals surface area contributed by atoms with E-state index in [0.29, 0.717) is 24.9 Å². The molecule has 1 N–H and O–H groups in total. The quantitative estimate of drug-likeness (QED) is 0.467. The Morgan fingerprint density at radius 1 is 1.29 bits per heavy atom. The van der Waals surface area contributed by atoms with Crippen LogP contribution in [0.5, 0.6) is 0 Å². The summed E-state index contributed by atoms with van der Waals surface area (Å²) in [5.41, 5.74) is 1.60. The smallest absolute Gasteiger partial charge is 0.264 e. The summed E-state index contributed by atoms with van der Waals surface area (Å²) in [6.45, 7) is 0.693. The Morgan fingerprint density at radius 3 is 2.62 bits per heavy atom. The summed E-state index contributed by atoms with van der Waals surface area (Å²) in [7, 11) is -3.88. The zero-order valence-electron chi connectivity index (χ0n) is 10.9. The highest BCUT2D eigenvalue weighted by Crippen LogP contribution is 2.44. The number of unbranched alkanes of at least 4 members (excludes halogenated alkanes) is 1. The summed E-state index contributed by atoms with van der Waals surface area (Å²) in [5.74, 6) is 0.569. The number of nitrogens with zero attached hydrogens (tertiary/aromatic N) is 1. The molecule has 4 nitrogen and oxygen atoms in total. The van der Waals surface area contributed by atoms with Crippen molar-refractivity contribution < 1.29 is 13.0 Å². The largest absolute Gasteiger partial charge is 0.361 e. The average Bonchev–Trinajstić information content (AvgIpc) is 2.75. The highest BCUT2D eigenvalue weighted by molar-refractivity contribution is 7.99. The van der Waals surface area contributed by atoms with E-state index in [9.17, 15) is 8.42 Å². The molecule has 0 saturated heterocycles. The van der Waals surface area contributed by atoms with Crippen LogP contribution in [-0.2, 0) is 13.9 Å². The van der Waals surface area contributed by atoms with Crippen molar-refractivity contribution >= 4 is 62.4 Å². The Morgan fingerprint density at radius 2 is 2.00 bits per heavy atom. The molecule has 0 radical (unpaired) electrons. The van der Waals surface area contributed by atoms with E-state index in [1.165, 1.54) is 0 Å². The molecule has 1 aliphatic heterocycles. The van der Waals surface area contributed by atoms with Crippen LogP contribution in [0.15, 0.2) is 23.1 Å². The van der Waals surface area contributed by atoms with Gasteiger partial charge in [-0.05, 0) is 25.0 Å². The van der Waals surface area contributed by atoms with Crippen LogP contribution in [0.3, 0.4) is 0 Å². The first-order valence-electron chi connectivity index (χ1n) is 6.21. The second-order valence-electron chi connectivity index (χ2n) is 4.71. The Hall–Kier alpha value is 0.150. The molecule has 0 amide bonds. The molecule has 1 aromatic rings. The van der Waals surface area contributed by atoms with E-state index in [2.05, 4.69) is 4.90 Å².